The van der Waals surface area contributed by atoms with Crippen LogP contribution in [0.15, 0.2) is 0 Å². The molecule has 0 rings (SSSR count). The van der Waals surface area contributed by atoms with Crippen LogP contribution < -0.4 is 58.2 Å². The van der Waals surface area contributed by atoms with Crippen LogP contribution in [0.4, 0.5) is 0 Å². The molecule has 1 nitrogen and oxygen atoms in total. The minimum Gasteiger partial charge on any atom is -0.251 e. The Balaban J connectivity index is 0. The number of rotatable bonds is 0. The summed E-state index contributed by atoms with van der Waals surface area (Å²) in [4.78, 5) is 0. The van der Waals surface area contributed by atoms with Crippen molar-refractivity contribution in [2.75, 3.05) is 0 Å². The smallest absolute Gasteiger partial charge is 0.251 e. The van der Waals surface area contributed by atoms with Crippen LogP contribution in [-0.2, 0) is 0 Å². The fourth-order valence-corrected chi connectivity index (χ4v) is 0. The molecule has 0 radical (unpaired) electrons. The van der Waals surface area contributed by atoms with E-state index in [4.69, 9.17) is 5.26 Å². The molecule has 0 N–H and O–H groups in total. The van der Waals surface area contributed by atoms with E-state index < -0.39 is 0 Å². The van der Waals surface area contributed by atoms with Crippen molar-refractivity contribution >= 4 is 7.85 Å². The SMILES string of the molecule is [BH3-]C#N.[Rb+]. The quantitative estimate of drug-likeness (QED) is 0.302. The Kier molecular flexibility index (Phi) is 19.9. The van der Waals surface area contributed by atoms with Crippen molar-refractivity contribution in [1.29, 1.82) is 5.26 Å². The number of hydrogen-bond donors (Lipinski definition) is 0. The standard InChI is InChI=1S/CH3BN.Rb/c2-1-3;/h2H3;/q-1;+1. The number of hydrogen-bond acceptors (Lipinski definition) is 1. The molecule has 16 valence electrons. The van der Waals surface area contributed by atoms with Gasteiger partial charge in [0, 0.05) is 0 Å². The largest absolute Gasteiger partial charge is 1.00 e. The molecule has 0 saturated heterocycles. The second-order valence-corrected chi connectivity index (χ2v) is 0. The molecule has 0 fully saturated rings. The van der Waals surface area contributed by atoms with Gasteiger partial charge in [0.05, 0.1) is 7.85 Å². The topological polar surface area (TPSA) is 23.8 Å². The van der Waals surface area contributed by atoms with Gasteiger partial charge in [0.2, 0.25) is 0 Å². The summed E-state index contributed by atoms with van der Waals surface area (Å²) in [6, 6.07) is 0. The predicted octanol–water partition coefficient (Wildman–Crippen LogP) is -4.16. The van der Waals surface area contributed by atoms with Gasteiger partial charge < -0.3 is 0 Å². The molecule has 3 heteroatoms. The Morgan fingerprint density at radius 3 is 1.75 bits per heavy atom. The van der Waals surface area contributed by atoms with Gasteiger partial charge in [-0.3, -0.25) is 5.26 Å². The second-order valence-electron chi connectivity index (χ2n) is 0. The molecule has 0 heterocycles. The maximum atomic E-state index is 7.43. The number of nitrogens with zero attached hydrogens (tertiary/aromatic N) is 1. The normalized spacial score (nSPS) is 2.00. The van der Waals surface area contributed by atoms with Gasteiger partial charge in [-0.15, -0.1) is 0 Å². The summed E-state index contributed by atoms with van der Waals surface area (Å²) in [6.45, 7) is 0. The van der Waals surface area contributed by atoms with Crippen LogP contribution in [0.2, 0.25) is 0 Å². The molecule has 0 aromatic carbocycles. The Hall–Kier alpha value is 1.36. The third-order valence-electron chi connectivity index (χ3n) is 0. The minimum atomic E-state index is 0. The first-order chi connectivity index (χ1) is 1.41. The minimum absolute atomic E-state index is 0. The zero-order valence-electron chi connectivity index (χ0n) is 1.95. The van der Waals surface area contributed by atoms with E-state index in [0.717, 1.165) is 0 Å². The monoisotopic (exact) mass is 125 g/mol. The van der Waals surface area contributed by atoms with Crippen molar-refractivity contribution in [1.82, 2.24) is 0 Å². The predicted molar refractivity (Wildman–Crippen MR) is 15.6 cm³/mol. The molecular weight excluding hydrogens is 122 g/mol. The first kappa shape index (κ1) is 9.03. The van der Waals surface area contributed by atoms with Crippen molar-refractivity contribution in [2.24, 2.45) is 0 Å². The van der Waals surface area contributed by atoms with Gasteiger partial charge in [-0.05, 0) is 0 Å². The third-order valence-corrected chi connectivity index (χ3v) is 0. The van der Waals surface area contributed by atoms with E-state index in [1.165, 1.54) is 0 Å². The molecule has 0 atom stereocenters. The number of nitriles is 1. The van der Waals surface area contributed by atoms with Crippen LogP contribution in [-0.4, -0.2) is 7.85 Å². The van der Waals surface area contributed by atoms with Gasteiger partial charge in [-0.1, -0.05) is 0 Å². The molecule has 4 heavy (non-hydrogen) atoms. The molecule has 0 aliphatic carbocycles. The molecule has 0 amide bonds. The van der Waals surface area contributed by atoms with Gasteiger partial charge >= 0.3 is 58.2 Å². The molecule has 0 unspecified atom stereocenters. The zero-order chi connectivity index (χ0) is 2.71. The Bertz CT molecular complexity index is 29.5. The summed E-state index contributed by atoms with van der Waals surface area (Å²) in [5.41, 5.74) is 0. The summed E-state index contributed by atoms with van der Waals surface area (Å²) in [5.74, 6) is 2.00. The fourth-order valence-electron chi connectivity index (χ4n) is 0. The van der Waals surface area contributed by atoms with E-state index in [1.807, 2.05) is 5.97 Å². The molecule has 0 aliphatic heterocycles. The maximum Gasteiger partial charge on any atom is 1.00 e. The maximum absolute atomic E-state index is 7.43. The molecule has 0 saturated carbocycles. The van der Waals surface area contributed by atoms with E-state index in [0.29, 0.717) is 0 Å². The van der Waals surface area contributed by atoms with E-state index in [1.54, 1.807) is 0 Å². The molecule has 0 aromatic rings. The molecular formula is CH3BNRb. The van der Waals surface area contributed by atoms with Crippen molar-refractivity contribution in [3.63, 3.8) is 0 Å². The average Bonchev–Trinajstić information content (AvgIpc) is 0.918. The zero-order valence-corrected chi connectivity index (χ0v) is 6.86. The van der Waals surface area contributed by atoms with Gasteiger partial charge in [-0.25, -0.2) is 0 Å². The second kappa shape index (κ2) is 8.84. The van der Waals surface area contributed by atoms with Crippen molar-refractivity contribution in [3.05, 3.63) is 0 Å². The van der Waals surface area contributed by atoms with E-state index in [-0.39, 0.29) is 66.0 Å². The van der Waals surface area contributed by atoms with Gasteiger partial charge in [-0.2, -0.15) is 5.97 Å². The van der Waals surface area contributed by atoms with E-state index in [2.05, 4.69) is 0 Å². The molecule has 0 aliphatic rings. The average molecular weight is 125 g/mol. The summed E-state index contributed by atoms with van der Waals surface area (Å²) in [5, 5.41) is 7.43. The van der Waals surface area contributed by atoms with Crippen LogP contribution in [0.5, 0.6) is 0 Å². The van der Waals surface area contributed by atoms with Crippen molar-refractivity contribution in [3.8, 4) is 5.97 Å². The van der Waals surface area contributed by atoms with Crippen LogP contribution in [0, 0.1) is 11.2 Å². The van der Waals surface area contributed by atoms with Gasteiger partial charge in [0.15, 0.2) is 0 Å². The van der Waals surface area contributed by atoms with Gasteiger partial charge in [0.1, 0.15) is 0 Å². The van der Waals surface area contributed by atoms with Crippen LogP contribution in [0.1, 0.15) is 0 Å². The first-order valence-electron chi connectivity index (χ1n) is 0.224. The van der Waals surface area contributed by atoms with Crippen molar-refractivity contribution in [2.45, 2.75) is 0 Å². The van der Waals surface area contributed by atoms with E-state index >= 15 is 0 Å². The van der Waals surface area contributed by atoms with Crippen LogP contribution >= 0.6 is 0 Å². The molecule has 0 spiro atoms. The Labute approximate surface area is 75.6 Å². The fraction of sp³-hybridized carbons (Fsp3) is 0. The molecule has 0 bridgehead atoms. The Morgan fingerprint density at radius 2 is 1.75 bits per heavy atom. The van der Waals surface area contributed by atoms with Crippen LogP contribution in [0.3, 0.4) is 0 Å². The third kappa shape index (κ3) is 10.1. The van der Waals surface area contributed by atoms with Gasteiger partial charge in [0.25, 0.3) is 0 Å². The summed E-state index contributed by atoms with van der Waals surface area (Å²) in [7, 11) is 0.0694. The summed E-state index contributed by atoms with van der Waals surface area (Å²) < 4.78 is 0. The van der Waals surface area contributed by atoms with Crippen molar-refractivity contribution < 1.29 is 58.2 Å². The summed E-state index contributed by atoms with van der Waals surface area (Å²) >= 11 is 0. The first-order valence-corrected chi connectivity index (χ1v) is 0.224. The van der Waals surface area contributed by atoms with E-state index in [9.17, 15) is 0 Å². The Morgan fingerprint density at radius 1 is 1.75 bits per heavy atom. The van der Waals surface area contributed by atoms with Crippen LogP contribution in [0.25, 0.3) is 0 Å². The summed E-state index contributed by atoms with van der Waals surface area (Å²) in [6.07, 6.45) is 0. The molecule has 0 aromatic heterocycles.